The molecule has 24 heavy (non-hydrogen) atoms. The molecule has 0 fully saturated rings. The Hall–Kier alpha value is -3.01. The van der Waals surface area contributed by atoms with Gasteiger partial charge in [-0.15, -0.1) is 0 Å². The molecule has 2 heterocycles. The zero-order valence-electron chi connectivity index (χ0n) is 13.7. The summed E-state index contributed by atoms with van der Waals surface area (Å²) in [4.78, 5) is 24.3. The molecule has 2 aromatic rings. The fourth-order valence-electron chi connectivity index (χ4n) is 3.03. The Morgan fingerprint density at radius 3 is 2.71 bits per heavy atom. The molecule has 0 amide bonds. The number of nitrogens with zero attached hydrogens (tertiary/aromatic N) is 3. The summed E-state index contributed by atoms with van der Waals surface area (Å²) in [6.45, 7) is 2.45. The van der Waals surface area contributed by atoms with Crippen LogP contribution in [0.1, 0.15) is 24.0 Å². The summed E-state index contributed by atoms with van der Waals surface area (Å²) in [5.74, 6) is 1.14. The molecular formula is C17H18N4O3. The van der Waals surface area contributed by atoms with Crippen LogP contribution in [0.3, 0.4) is 0 Å². The van der Waals surface area contributed by atoms with Crippen LogP contribution in [0.2, 0.25) is 0 Å². The number of anilines is 1. The molecule has 0 unspecified atom stereocenters. The van der Waals surface area contributed by atoms with E-state index in [2.05, 4.69) is 5.32 Å². The maximum Gasteiger partial charge on any atom is 0.332 e. The summed E-state index contributed by atoms with van der Waals surface area (Å²) in [6.07, 6.45) is 0. The lowest BCUT2D eigenvalue weighted by molar-refractivity contribution is 0.321. The Morgan fingerprint density at radius 1 is 1.29 bits per heavy atom. The van der Waals surface area contributed by atoms with E-state index in [0.717, 1.165) is 15.9 Å². The van der Waals surface area contributed by atoms with Crippen molar-refractivity contribution in [1.29, 1.82) is 5.26 Å². The second-order valence-corrected chi connectivity index (χ2v) is 5.93. The zero-order chi connectivity index (χ0) is 17.4. The molecule has 1 N–H and O–H groups in total. The van der Waals surface area contributed by atoms with Crippen LogP contribution < -0.4 is 21.3 Å². The molecule has 7 heteroatoms. The summed E-state index contributed by atoms with van der Waals surface area (Å²) in [6, 6.07) is 9.55. The Kier molecular flexibility index (Phi) is 3.89. The minimum atomic E-state index is -0.599. The van der Waals surface area contributed by atoms with Gasteiger partial charge in [-0.25, -0.2) is 4.79 Å². The quantitative estimate of drug-likeness (QED) is 0.906. The van der Waals surface area contributed by atoms with Crippen LogP contribution in [0.25, 0.3) is 0 Å². The number of benzene rings is 1. The number of para-hydroxylation sites is 1. The van der Waals surface area contributed by atoms with Crippen LogP contribution in [0, 0.1) is 11.3 Å². The second-order valence-electron chi connectivity index (χ2n) is 5.93. The lowest BCUT2D eigenvalue weighted by Gasteiger charge is -2.23. The highest BCUT2D eigenvalue weighted by Crippen LogP contribution is 2.36. The van der Waals surface area contributed by atoms with Gasteiger partial charge in [0.15, 0.2) is 5.56 Å². The first kappa shape index (κ1) is 15.9. The molecule has 0 bridgehead atoms. The number of hydrogen-bond acceptors (Lipinski definition) is 5. The highest BCUT2D eigenvalue weighted by molar-refractivity contribution is 5.53. The Labute approximate surface area is 138 Å². The van der Waals surface area contributed by atoms with Crippen LogP contribution in [0.5, 0.6) is 5.75 Å². The van der Waals surface area contributed by atoms with E-state index >= 15 is 0 Å². The van der Waals surface area contributed by atoms with Gasteiger partial charge >= 0.3 is 5.69 Å². The average Bonchev–Trinajstić information content (AvgIpc) is 3.02. The Bertz CT molecular complexity index is 952. The summed E-state index contributed by atoms with van der Waals surface area (Å²) in [5, 5.41) is 12.5. The zero-order valence-corrected chi connectivity index (χ0v) is 13.7. The molecule has 1 aromatic carbocycles. The topological polar surface area (TPSA) is 89.0 Å². The molecule has 7 nitrogen and oxygen atoms in total. The molecule has 1 aliphatic rings. The fourth-order valence-corrected chi connectivity index (χ4v) is 3.03. The summed E-state index contributed by atoms with van der Waals surface area (Å²) in [7, 11) is 2.90. The maximum absolute atomic E-state index is 12.2. The largest absolute Gasteiger partial charge is 0.493 e. The van der Waals surface area contributed by atoms with Gasteiger partial charge in [-0.1, -0.05) is 18.2 Å². The van der Waals surface area contributed by atoms with Crippen molar-refractivity contribution in [1.82, 2.24) is 9.13 Å². The summed E-state index contributed by atoms with van der Waals surface area (Å²) in [5.41, 5.74) is -0.0707. The van der Waals surface area contributed by atoms with Gasteiger partial charge in [-0.3, -0.25) is 13.9 Å². The first-order valence-corrected chi connectivity index (χ1v) is 7.64. The van der Waals surface area contributed by atoms with Gasteiger partial charge < -0.3 is 10.1 Å². The van der Waals surface area contributed by atoms with E-state index in [1.54, 1.807) is 0 Å². The van der Waals surface area contributed by atoms with E-state index in [4.69, 9.17) is 4.74 Å². The highest BCUT2D eigenvalue weighted by Gasteiger charge is 2.30. The predicted molar refractivity (Wildman–Crippen MR) is 89.4 cm³/mol. The number of hydrogen-bond donors (Lipinski definition) is 1. The van der Waals surface area contributed by atoms with Gasteiger partial charge in [0, 0.05) is 31.6 Å². The molecule has 1 aliphatic heterocycles. The lowest BCUT2D eigenvalue weighted by atomic mass is 9.94. The lowest BCUT2D eigenvalue weighted by Crippen LogP contribution is -2.41. The third-order valence-electron chi connectivity index (χ3n) is 4.48. The SMILES string of the molecule is C[C@@H](Nc1c(C#N)c(=O)n(C)c(=O)n1C)[C@H]1COc2ccccc21. The molecule has 1 aromatic heterocycles. The van der Waals surface area contributed by atoms with Crippen LogP contribution in [-0.4, -0.2) is 21.8 Å². The van der Waals surface area contributed by atoms with Crippen molar-refractivity contribution in [3.8, 4) is 11.8 Å². The van der Waals surface area contributed by atoms with Crippen molar-refractivity contribution in [2.75, 3.05) is 11.9 Å². The third kappa shape index (κ3) is 2.36. The Morgan fingerprint density at radius 2 is 2.00 bits per heavy atom. The third-order valence-corrected chi connectivity index (χ3v) is 4.48. The van der Waals surface area contributed by atoms with Gasteiger partial charge in [0.2, 0.25) is 0 Å². The van der Waals surface area contributed by atoms with E-state index in [1.807, 2.05) is 37.3 Å². The normalized spacial score (nSPS) is 16.8. The molecular weight excluding hydrogens is 308 g/mol. The monoisotopic (exact) mass is 326 g/mol. The maximum atomic E-state index is 12.2. The molecule has 3 rings (SSSR count). The second kappa shape index (κ2) is 5.89. The molecule has 0 saturated heterocycles. The van der Waals surface area contributed by atoms with Crippen LogP contribution >= 0.6 is 0 Å². The van der Waals surface area contributed by atoms with Crippen LogP contribution in [0.15, 0.2) is 33.9 Å². The average molecular weight is 326 g/mol. The van der Waals surface area contributed by atoms with Gasteiger partial charge in [-0.2, -0.15) is 5.26 Å². The minimum absolute atomic E-state index is 0.0619. The number of ether oxygens (including phenoxy) is 1. The minimum Gasteiger partial charge on any atom is -0.493 e. The van der Waals surface area contributed by atoms with Crippen molar-refractivity contribution in [2.45, 2.75) is 18.9 Å². The van der Waals surface area contributed by atoms with Gasteiger partial charge in [0.05, 0.1) is 6.61 Å². The standard InChI is InChI=1S/C17H18N4O3/c1-10(13-9-24-14-7-5-4-6-11(13)14)19-15-12(8-18)16(22)21(3)17(23)20(15)2/h4-7,10,13,19H,9H2,1-3H3/t10-,13-/m1/s1. The molecule has 0 spiro atoms. The van der Waals surface area contributed by atoms with Crippen molar-refractivity contribution < 1.29 is 4.74 Å². The number of nitrogens with one attached hydrogen (secondary N) is 1. The number of fused-ring (bicyclic) bond motifs is 1. The highest BCUT2D eigenvalue weighted by atomic mass is 16.5. The Balaban J connectivity index is 2.00. The number of nitriles is 1. The molecule has 124 valence electrons. The van der Waals surface area contributed by atoms with Crippen molar-refractivity contribution >= 4 is 5.82 Å². The van der Waals surface area contributed by atoms with Gasteiger partial charge in [0.1, 0.15) is 17.6 Å². The molecule has 0 aliphatic carbocycles. The van der Waals surface area contributed by atoms with Crippen molar-refractivity contribution in [3.05, 3.63) is 56.2 Å². The summed E-state index contributed by atoms with van der Waals surface area (Å²) >= 11 is 0. The van der Waals surface area contributed by atoms with Gasteiger partial charge in [0.25, 0.3) is 5.56 Å². The first-order valence-electron chi connectivity index (χ1n) is 7.64. The first-order chi connectivity index (χ1) is 11.5. The smallest absolute Gasteiger partial charge is 0.332 e. The number of rotatable bonds is 3. The molecule has 2 atom stereocenters. The fraction of sp³-hybridized carbons (Fsp3) is 0.353. The van der Waals surface area contributed by atoms with E-state index in [-0.39, 0.29) is 23.3 Å². The van der Waals surface area contributed by atoms with E-state index < -0.39 is 11.2 Å². The van der Waals surface area contributed by atoms with Crippen LogP contribution in [-0.2, 0) is 14.1 Å². The van der Waals surface area contributed by atoms with E-state index in [9.17, 15) is 14.9 Å². The predicted octanol–water partition coefficient (Wildman–Crippen LogP) is 0.932. The van der Waals surface area contributed by atoms with Crippen molar-refractivity contribution in [2.24, 2.45) is 14.1 Å². The van der Waals surface area contributed by atoms with Crippen molar-refractivity contribution in [3.63, 3.8) is 0 Å². The van der Waals surface area contributed by atoms with Gasteiger partial charge in [-0.05, 0) is 13.0 Å². The van der Waals surface area contributed by atoms with Crippen LogP contribution in [0.4, 0.5) is 5.82 Å². The molecule has 0 radical (unpaired) electrons. The van der Waals surface area contributed by atoms with E-state index in [1.165, 1.54) is 18.7 Å². The summed E-state index contributed by atoms with van der Waals surface area (Å²) < 4.78 is 7.91. The van der Waals surface area contributed by atoms with E-state index in [0.29, 0.717) is 6.61 Å². The molecule has 0 saturated carbocycles. The number of aromatic nitrogens is 2.